The Kier molecular flexibility index (Phi) is 7.86. The van der Waals surface area contributed by atoms with Crippen LogP contribution in [-0.2, 0) is 6.54 Å². The van der Waals surface area contributed by atoms with Crippen LogP contribution in [0.15, 0.2) is 48.5 Å². The standard InChI is InChI=1S/C25H34FN3O/c1-4-9-19(2)28-16-14-22(15-17-28)29(18-21-10-6-5-7-11-21)25(30)27-24-13-8-12-23(26)20(24)3/h5-8,10-13,19,22H,4,9,14-18H2,1-3H3,(H,27,30). The van der Waals surface area contributed by atoms with Gasteiger partial charge in [-0.2, -0.15) is 0 Å². The summed E-state index contributed by atoms with van der Waals surface area (Å²) in [5, 5.41) is 2.96. The molecule has 1 unspecified atom stereocenters. The molecule has 5 heteroatoms. The normalized spacial score (nSPS) is 16.3. The number of anilines is 1. The van der Waals surface area contributed by atoms with Gasteiger partial charge in [0.05, 0.1) is 0 Å². The zero-order valence-electron chi connectivity index (χ0n) is 18.4. The first-order valence-electron chi connectivity index (χ1n) is 11.1. The van der Waals surface area contributed by atoms with Gasteiger partial charge in [0.15, 0.2) is 0 Å². The van der Waals surface area contributed by atoms with Crippen LogP contribution >= 0.6 is 0 Å². The molecule has 1 fully saturated rings. The molecule has 1 N–H and O–H groups in total. The molecule has 162 valence electrons. The lowest BCUT2D eigenvalue weighted by atomic mass is 10.00. The number of likely N-dealkylation sites (tertiary alicyclic amines) is 1. The number of hydrogen-bond donors (Lipinski definition) is 1. The van der Waals surface area contributed by atoms with Crippen molar-refractivity contribution in [2.45, 2.75) is 65.1 Å². The molecule has 0 spiro atoms. The van der Waals surface area contributed by atoms with Crippen molar-refractivity contribution in [3.63, 3.8) is 0 Å². The number of benzene rings is 2. The summed E-state index contributed by atoms with van der Waals surface area (Å²) >= 11 is 0. The van der Waals surface area contributed by atoms with Gasteiger partial charge in [-0.05, 0) is 50.8 Å². The third-order valence-corrected chi connectivity index (χ3v) is 6.24. The molecule has 1 atom stereocenters. The number of carbonyl (C=O) groups excluding carboxylic acids is 1. The maximum Gasteiger partial charge on any atom is 0.322 e. The zero-order valence-corrected chi connectivity index (χ0v) is 18.4. The van der Waals surface area contributed by atoms with Gasteiger partial charge in [0.1, 0.15) is 5.82 Å². The molecule has 3 rings (SSSR count). The summed E-state index contributed by atoms with van der Waals surface area (Å²) < 4.78 is 13.9. The van der Waals surface area contributed by atoms with Gasteiger partial charge in [0.2, 0.25) is 0 Å². The zero-order chi connectivity index (χ0) is 21.5. The van der Waals surface area contributed by atoms with E-state index in [4.69, 9.17) is 0 Å². The molecule has 0 bridgehead atoms. The second-order valence-electron chi connectivity index (χ2n) is 8.36. The Bertz CT molecular complexity index is 818. The van der Waals surface area contributed by atoms with Crippen LogP contribution in [0.3, 0.4) is 0 Å². The lowest BCUT2D eigenvalue weighted by Gasteiger charge is -2.40. The summed E-state index contributed by atoms with van der Waals surface area (Å²) in [4.78, 5) is 17.7. The predicted molar refractivity (Wildman–Crippen MR) is 121 cm³/mol. The summed E-state index contributed by atoms with van der Waals surface area (Å²) in [6, 6.07) is 15.5. The highest BCUT2D eigenvalue weighted by molar-refractivity contribution is 5.90. The highest BCUT2D eigenvalue weighted by Gasteiger charge is 2.29. The first-order chi connectivity index (χ1) is 14.5. The van der Waals surface area contributed by atoms with Crippen molar-refractivity contribution in [2.75, 3.05) is 18.4 Å². The largest absolute Gasteiger partial charge is 0.322 e. The van der Waals surface area contributed by atoms with Gasteiger partial charge >= 0.3 is 6.03 Å². The molecule has 1 heterocycles. The van der Waals surface area contributed by atoms with Crippen LogP contribution in [0.2, 0.25) is 0 Å². The minimum atomic E-state index is -0.305. The van der Waals surface area contributed by atoms with E-state index in [0.29, 0.717) is 23.8 Å². The molecular weight excluding hydrogens is 377 g/mol. The molecule has 4 nitrogen and oxygen atoms in total. The number of nitrogens with zero attached hydrogens (tertiary/aromatic N) is 2. The molecule has 2 aromatic carbocycles. The van der Waals surface area contributed by atoms with Crippen LogP contribution in [0.5, 0.6) is 0 Å². The Morgan fingerprint density at radius 1 is 1.17 bits per heavy atom. The van der Waals surface area contributed by atoms with E-state index in [2.05, 4.69) is 24.1 Å². The fourth-order valence-electron chi connectivity index (χ4n) is 4.32. The topological polar surface area (TPSA) is 35.6 Å². The highest BCUT2D eigenvalue weighted by Crippen LogP contribution is 2.24. The Labute approximate surface area is 180 Å². The molecule has 0 radical (unpaired) electrons. The Morgan fingerprint density at radius 2 is 1.87 bits per heavy atom. The van der Waals surface area contributed by atoms with Gasteiger partial charge in [-0.1, -0.05) is 49.7 Å². The molecule has 1 saturated heterocycles. The summed E-state index contributed by atoms with van der Waals surface area (Å²) in [5.41, 5.74) is 2.10. The predicted octanol–water partition coefficient (Wildman–Crippen LogP) is 5.82. The van der Waals surface area contributed by atoms with E-state index in [9.17, 15) is 9.18 Å². The molecule has 2 amide bonds. The van der Waals surface area contributed by atoms with Crippen molar-refractivity contribution in [2.24, 2.45) is 0 Å². The van der Waals surface area contributed by atoms with E-state index in [-0.39, 0.29) is 17.9 Å². The van der Waals surface area contributed by atoms with Crippen molar-refractivity contribution in [1.29, 1.82) is 0 Å². The average Bonchev–Trinajstić information content (AvgIpc) is 2.76. The number of carbonyl (C=O) groups is 1. The number of halogens is 1. The first-order valence-corrected chi connectivity index (χ1v) is 11.1. The minimum Gasteiger partial charge on any atom is -0.317 e. The van der Waals surface area contributed by atoms with Crippen molar-refractivity contribution in [3.05, 3.63) is 65.5 Å². The fourth-order valence-corrected chi connectivity index (χ4v) is 4.32. The number of rotatable bonds is 7. The number of hydrogen-bond acceptors (Lipinski definition) is 2. The van der Waals surface area contributed by atoms with Crippen molar-refractivity contribution in [3.8, 4) is 0 Å². The number of amides is 2. The van der Waals surface area contributed by atoms with Gasteiger partial charge in [0, 0.05) is 43.0 Å². The molecule has 1 aliphatic rings. The quantitative estimate of drug-likeness (QED) is 0.623. The molecule has 1 aliphatic heterocycles. The number of nitrogens with one attached hydrogen (secondary N) is 1. The van der Waals surface area contributed by atoms with Gasteiger partial charge in [-0.3, -0.25) is 0 Å². The average molecular weight is 412 g/mol. The molecule has 0 aromatic heterocycles. The highest BCUT2D eigenvalue weighted by atomic mass is 19.1. The summed E-state index contributed by atoms with van der Waals surface area (Å²) in [6.07, 6.45) is 4.31. The Hall–Kier alpha value is -2.40. The van der Waals surface area contributed by atoms with Gasteiger partial charge in [-0.15, -0.1) is 0 Å². The monoisotopic (exact) mass is 411 g/mol. The number of piperidine rings is 1. The van der Waals surface area contributed by atoms with Crippen LogP contribution < -0.4 is 5.32 Å². The van der Waals surface area contributed by atoms with E-state index >= 15 is 0 Å². The fraction of sp³-hybridized carbons (Fsp3) is 0.480. The van der Waals surface area contributed by atoms with Gasteiger partial charge in [-0.25, -0.2) is 9.18 Å². The lowest BCUT2D eigenvalue weighted by molar-refractivity contribution is 0.0989. The van der Waals surface area contributed by atoms with E-state index in [1.54, 1.807) is 19.1 Å². The third-order valence-electron chi connectivity index (χ3n) is 6.24. The van der Waals surface area contributed by atoms with E-state index in [1.165, 1.54) is 18.9 Å². The van der Waals surface area contributed by atoms with Crippen LogP contribution in [0, 0.1) is 12.7 Å². The maximum absolute atomic E-state index is 13.9. The van der Waals surface area contributed by atoms with Gasteiger partial charge < -0.3 is 15.1 Å². The van der Waals surface area contributed by atoms with Crippen LogP contribution in [0.1, 0.15) is 50.7 Å². The minimum absolute atomic E-state index is 0.160. The van der Waals surface area contributed by atoms with Crippen molar-refractivity contribution in [1.82, 2.24) is 9.80 Å². The summed E-state index contributed by atoms with van der Waals surface area (Å²) in [6.45, 7) is 8.78. The molecule has 0 aliphatic carbocycles. The molecular formula is C25H34FN3O. The van der Waals surface area contributed by atoms with E-state index in [0.717, 1.165) is 31.5 Å². The van der Waals surface area contributed by atoms with Gasteiger partial charge in [0.25, 0.3) is 0 Å². The maximum atomic E-state index is 13.9. The number of urea groups is 1. The van der Waals surface area contributed by atoms with Crippen molar-refractivity contribution >= 4 is 11.7 Å². The second-order valence-corrected chi connectivity index (χ2v) is 8.36. The van der Waals surface area contributed by atoms with E-state index in [1.807, 2.05) is 35.2 Å². The molecule has 0 saturated carbocycles. The van der Waals surface area contributed by atoms with E-state index < -0.39 is 0 Å². The Morgan fingerprint density at radius 3 is 2.53 bits per heavy atom. The summed E-state index contributed by atoms with van der Waals surface area (Å²) in [5.74, 6) is -0.305. The van der Waals surface area contributed by atoms with Crippen LogP contribution in [0.25, 0.3) is 0 Å². The van der Waals surface area contributed by atoms with Crippen molar-refractivity contribution < 1.29 is 9.18 Å². The lowest BCUT2D eigenvalue weighted by Crippen LogP contribution is -2.50. The first kappa shape index (κ1) is 22.3. The van der Waals surface area contributed by atoms with Crippen LogP contribution in [-0.4, -0.2) is 41.0 Å². The SMILES string of the molecule is CCCC(C)N1CCC(N(Cc2ccccc2)C(=O)Nc2cccc(F)c2C)CC1. The van der Waals surface area contributed by atoms with Crippen LogP contribution in [0.4, 0.5) is 14.9 Å². The smallest absolute Gasteiger partial charge is 0.317 e. The second kappa shape index (κ2) is 10.6. The third kappa shape index (κ3) is 5.60. The summed E-state index contributed by atoms with van der Waals surface area (Å²) in [7, 11) is 0. The Balaban J connectivity index is 1.74. The molecule has 30 heavy (non-hydrogen) atoms. The molecule has 2 aromatic rings.